The summed E-state index contributed by atoms with van der Waals surface area (Å²) in [5.41, 5.74) is 1.09. The fourth-order valence-electron chi connectivity index (χ4n) is 3.46. The summed E-state index contributed by atoms with van der Waals surface area (Å²) in [6.45, 7) is 6.89. The summed E-state index contributed by atoms with van der Waals surface area (Å²) >= 11 is 0. The minimum absolute atomic E-state index is 0.126. The van der Waals surface area contributed by atoms with Crippen LogP contribution in [0.15, 0.2) is 34.5 Å². The minimum Gasteiger partial charge on any atom is -0.496 e. The van der Waals surface area contributed by atoms with Crippen LogP contribution in [0.5, 0.6) is 5.75 Å². The van der Waals surface area contributed by atoms with E-state index in [9.17, 15) is 19.7 Å². The van der Waals surface area contributed by atoms with Gasteiger partial charge in [0, 0.05) is 35.0 Å². The maximum absolute atomic E-state index is 12.8. The number of carbonyl (C=O) groups excluding carboxylic acids is 2. The zero-order valence-corrected chi connectivity index (χ0v) is 17.1. The summed E-state index contributed by atoms with van der Waals surface area (Å²) in [6, 6.07) is 4.04. The molecule has 2 unspecified atom stereocenters. The second kappa shape index (κ2) is 9.31. The van der Waals surface area contributed by atoms with Crippen LogP contribution < -0.4 is 4.74 Å². The number of carbonyl (C=O) groups is 2. The van der Waals surface area contributed by atoms with Gasteiger partial charge in [0.15, 0.2) is 0 Å². The van der Waals surface area contributed by atoms with Crippen LogP contribution in [0.1, 0.15) is 39.2 Å². The average Bonchev–Trinajstić information content (AvgIpc) is 2.66. The van der Waals surface area contributed by atoms with Crippen molar-refractivity contribution in [2.24, 2.45) is 10.9 Å². The fourth-order valence-corrected chi connectivity index (χ4v) is 3.46. The summed E-state index contributed by atoms with van der Waals surface area (Å²) in [5, 5.41) is 11.3. The Labute approximate surface area is 168 Å². The monoisotopic (exact) mass is 404 g/mol. The van der Waals surface area contributed by atoms with E-state index in [0.29, 0.717) is 22.7 Å². The van der Waals surface area contributed by atoms with Gasteiger partial charge >= 0.3 is 11.9 Å². The smallest absolute Gasteiger partial charge is 0.336 e. The van der Waals surface area contributed by atoms with E-state index in [1.54, 1.807) is 27.7 Å². The number of nitrogens with zero attached hydrogens (tertiary/aromatic N) is 2. The summed E-state index contributed by atoms with van der Waals surface area (Å²) in [6.07, 6.45) is 0. The molecule has 1 aliphatic heterocycles. The second-order valence-electron chi connectivity index (χ2n) is 6.36. The number of hydrogen-bond donors (Lipinski definition) is 0. The molecule has 2 rings (SSSR count). The topological polar surface area (TPSA) is 117 Å². The van der Waals surface area contributed by atoms with Gasteiger partial charge < -0.3 is 14.2 Å². The van der Waals surface area contributed by atoms with E-state index in [2.05, 4.69) is 4.99 Å². The van der Waals surface area contributed by atoms with E-state index >= 15 is 0 Å². The van der Waals surface area contributed by atoms with Crippen molar-refractivity contribution in [1.82, 2.24) is 0 Å². The summed E-state index contributed by atoms with van der Waals surface area (Å²) in [5.74, 6) is -2.77. The molecule has 0 N–H and O–H groups in total. The van der Waals surface area contributed by atoms with Gasteiger partial charge in [0.05, 0.1) is 30.8 Å². The fraction of sp³-hybridized carbons (Fsp3) is 0.450. The van der Waals surface area contributed by atoms with Gasteiger partial charge in [-0.2, -0.15) is 0 Å². The molecule has 29 heavy (non-hydrogen) atoms. The Bertz CT molecular complexity index is 889. The standard InChI is InChI=1S/C20H24N2O7/c1-6-28-19(23)16-11(3)21-12(4)17(20(24)29-7-2)18(16)14-10-13(22(25)26)8-9-15(14)27-5/h8-10,16,18H,6-7H2,1-5H3. The third-order valence-electron chi connectivity index (χ3n) is 4.62. The van der Waals surface area contributed by atoms with Crippen molar-refractivity contribution in [1.29, 1.82) is 0 Å². The number of benzene rings is 1. The first kappa shape index (κ1) is 22.1. The molecule has 0 amide bonds. The number of allylic oxidation sites excluding steroid dienone is 1. The van der Waals surface area contributed by atoms with Crippen LogP contribution in [0.4, 0.5) is 5.69 Å². The number of ether oxygens (including phenoxy) is 3. The van der Waals surface area contributed by atoms with Crippen molar-refractivity contribution in [3.05, 3.63) is 45.1 Å². The summed E-state index contributed by atoms with van der Waals surface area (Å²) < 4.78 is 15.8. The maximum atomic E-state index is 12.8. The third-order valence-corrected chi connectivity index (χ3v) is 4.62. The molecule has 1 heterocycles. The average molecular weight is 404 g/mol. The highest BCUT2D eigenvalue weighted by atomic mass is 16.6. The molecule has 0 bridgehead atoms. The number of non-ortho nitro benzene ring substituents is 1. The SMILES string of the molecule is CCOC(=O)C1=C(C)N=C(C)C(C(=O)OCC)C1c1cc([N+](=O)[O-])ccc1OC. The zero-order chi connectivity index (χ0) is 21.7. The number of aliphatic imine (C=N–C) groups is 1. The molecule has 1 aromatic carbocycles. The Morgan fingerprint density at radius 3 is 2.38 bits per heavy atom. The minimum atomic E-state index is -0.950. The molecule has 0 aliphatic carbocycles. The molecule has 2 atom stereocenters. The van der Waals surface area contributed by atoms with Crippen LogP contribution in [0.25, 0.3) is 0 Å². The number of hydrogen-bond acceptors (Lipinski definition) is 8. The predicted molar refractivity (Wildman–Crippen MR) is 105 cm³/mol. The molecule has 0 saturated carbocycles. The molecule has 0 aromatic heterocycles. The molecule has 0 fully saturated rings. The van der Waals surface area contributed by atoms with Gasteiger partial charge in [0.1, 0.15) is 11.7 Å². The van der Waals surface area contributed by atoms with Crippen LogP contribution in [-0.4, -0.2) is 42.9 Å². The van der Waals surface area contributed by atoms with Crippen LogP contribution in [0, 0.1) is 16.0 Å². The Balaban J connectivity index is 2.79. The number of nitro benzene ring substituents is 1. The number of methoxy groups -OCH3 is 1. The lowest BCUT2D eigenvalue weighted by molar-refractivity contribution is -0.385. The Morgan fingerprint density at radius 1 is 1.17 bits per heavy atom. The largest absolute Gasteiger partial charge is 0.496 e. The van der Waals surface area contributed by atoms with Crippen molar-refractivity contribution in [2.75, 3.05) is 20.3 Å². The van der Waals surface area contributed by atoms with Crippen molar-refractivity contribution >= 4 is 23.3 Å². The molecule has 1 aliphatic rings. The third kappa shape index (κ3) is 4.44. The predicted octanol–water partition coefficient (Wildman–Crippen LogP) is 3.18. The molecule has 0 radical (unpaired) electrons. The van der Waals surface area contributed by atoms with Crippen molar-refractivity contribution in [2.45, 2.75) is 33.6 Å². The quantitative estimate of drug-likeness (QED) is 0.389. The number of rotatable bonds is 7. The molecule has 156 valence electrons. The Kier molecular flexibility index (Phi) is 7.08. The number of esters is 2. The van der Waals surface area contributed by atoms with Gasteiger partial charge in [-0.15, -0.1) is 0 Å². The first-order chi connectivity index (χ1) is 13.8. The van der Waals surface area contributed by atoms with Gasteiger partial charge in [0.2, 0.25) is 0 Å². The normalized spacial score (nSPS) is 18.7. The zero-order valence-electron chi connectivity index (χ0n) is 17.1. The lowest BCUT2D eigenvalue weighted by atomic mass is 9.75. The molecule has 9 nitrogen and oxygen atoms in total. The molecular formula is C20H24N2O7. The van der Waals surface area contributed by atoms with Gasteiger partial charge in [-0.05, 0) is 33.8 Å². The molecule has 9 heteroatoms. The molecule has 0 saturated heterocycles. The summed E-state index contributed by atoms with van der Waals surface area (Å²) in [7, 11) is 1.41. The van der Waals surface area contributed by atoms with Crippen LogP contribution in [0.3, 0.4) is 0 Å². The van der Waals surface area contributed by atoms with Crippen molar-refractivity contribution in [3.8, 4) is 5.75 Å². The lowest BCUT2D eigenvalue weighted by Gasteiger charge is -2.32. The molecule has 1 aromatic rings. The van der Waals surface area contributed by atoms with Gasteiger partial charge in [-0.25, -0.2) is 4.79 Å². The van der Waals surface area contributed by atoms with E-state index in [1.807, 2.05) is 0 Å². The van der Waals surface area contributed by atoms with E-state index in [0.717, 1.165) is 0 Å². The van der Waals surface area contributed by atoms with E-state index in [-0.39, 0.29) is 24.5 Å². The van der Waals surface area contributed by atoms with E-state index in [4.69, 9.17) is 14.2 Å². The summed E-state index contributed by atoms with van der Waals surface area (Å²) in [4.78, 5) is 40.7. The van der Waals surface area contributed by atoms with Gasteiger partial charge in [0.25, 0.3) is 5.69 Å². The highest BCUT2D eigenvalue weighted by molar-refractivity contribution is 6.07. The molecular weight excluding hydrogens is 380 g/mol. The van der Waals surface area contributed by atoms with E-state index in [1.165, 1.54) is 25.3 Å². The van der Waals surface area contributed by atoms with Crippen LogP contribution >= 0.6 is 0 Å². The van der Waals surface area contributed by atoms with Crippen molar-refractivity contribution in [3.63, 3.8) is 0 Å². The second-order valence-corrected chi connectivity index (χ2v) is 6.36. The van der Waals surface area contributed by atoms with Gasteiger partial charge in [-0.3, -0.25) is 19.9 Å². The lowest BCUT2D eigenvalue weighted by Crippen LogP contribution is -2.36. The first-order valence-corrected chi connectivity index (χ1v) is 9.18. The van der Waals surface area contributed by atoms with Crippen molar-refractivity contribution < 1.29 is 28.7 Å². The Hall–Kier alpha value is -3.23. The van der Waals surface area contributed by atoms with Crippen LogP contribution in [0.2, 0.25) is 0 Å². The highest BCUT2D eigenvalue weighted by Gasteiger charge is 2.44. The highest BCUT2D eigenvalue weighted by Crippen LogP contribution is 2.44. The number of nitro groups is 1. The first-order valence-electron chi connectivity index (χ1n) is 9.18. The van der Waals surface area contributed by atoms with Crippen LogP contribution in [-0.2, 0) is 19.1 Å². The Morgan fingerprint density at radius 2 is 1.83 bits per heavy atom. The van der Waals surface area contributed by atoms with E-state index < -0.39 is 28.7 Å². The maximum Gasteiger partial charge on any atom is 0.336 e. The van der Waals surface area contributed by atoms with Gasteiger partial charge in [-0.1, -0.05) is 0 Å². The molecule has 0 spiro atoms.